The topological polar surface area (TPSA) is 78.3 Å². The molecule has 0 aliphatic carbocycles. The largest absolute Gasteiger partial charge is 0.483 e. The molecule has 8 heteroatoms. The van der Waals surface area contributed by atoms with Crippen molar-refractivity contribution in [1.29, 1.82) is 0 Å². The summed E-state index contributed by atoms with van der Waals surface area (Å²) in [6.45, 7) is 4.01. The van der Waals surface area contributed by atoms with Gasteiger partial charge >= 0.3 is 5.56 Å². The highest BCUT2D eigenvalue weighted by atomic mass is 32.2. The second kappa shape index (κ2) is 8.62. The molecule has 0 N–H and O–H groups in total. The summed E-state index contributed by atoms with van der Waals surface area (Å²) in [4.78, 5) is 13.3. The van der Waals surface area contributed by atoms with E-state index < -0.39 is 21.2 Å². The first kappa shape index (κ1) is 21.4. The van der Waals surface area contributed by atoms with Crippen LogP contribution < -0.4 is 10.3 Å². The van der Waals surface area contributed by atoms with Gasteiger partial charge in [0.2, 0.25) is 0 Å². The van der Waals surface area contributed by atoms with Crippen molar-refractivity contribution in [3.05, 3.63) is 82.5 Å². The molecule has 0 saturated heterocycles. The fraction of sp³-hybridized carbons (Fsp3) is 0.182. The Morgan fingerprint density at radius 2 is 1.73 bits per heavy atom. The zero-order valence-corrected chi connectivity index (χ0v) is 17.6. The van der Waals surface area contributed by atoms with E-state index in [0.29, 0.717) is 16.8 Å². The van der Waals surface area contributed by atoms with Gasteiger partial charge in [-0.15, -0.1) is 0 Å². The van der Waals surface area contributed by atoms with Crippen LogP contribution in [-0.4, -0.2) is 31.1 Å². The van der Waals surface area contributed by atoms with E-state index in [1.807, 2.05) is 19.9 Å². The molecular formula is C22H21FN2O4S. The molecule has 0 aliphatic rings. The van der Waals surface area contributed by atoms with E-state index in [-0.39, 0.29) is 17.3 Å². The Labute approximate surface area is 174 Å². The lowest BCUT2D eigenvalue weighted by atomic mass is 10.1. The zero-order chi connectivity index (χ0) is 21.9. The molecule has 1 heterocycles. The van der Waals surface area contributed by atoms with E-state index >= 15 is 0 Å². The Bertz CT molecular complexity index is 1240. The van der Waals surface area contributed by atoms with Crippen molar-refractivity contribution >= 4 is 9.84 Å². The predicted molar refractivity (Wildman–Crippen MR) is 113 cm³/mol. The Kier molecular flexibility index (Phi) is 6.17. The van der Waals surface area contributed by atoms with Gasteiger partial charge in [-0.05, 0) is 61.9 Å². The van der Waals surface area contributed by atoms with Gasteiger partial charge in [-0.3, -0.25) is 4.79 Å². The van der Waals surface area contributed by atoms with Crippen LogP contribution in [-0.2, 0) is 9.84 Å². The molecule has 6 nitrogen and oxygen atoms in total. The molecule has 0 amide bonds. The number of nitrogens with zero attached hydrogens (tertiary/aromatic N) is 2. The first-order valence-electron chi connectivity index (χ1n) is 9.12. The van der Waals surface area contributed by atoms with E-state index in [9.17, 15) is 17.6 Å². The van der Waals surface area contributed by atoms with E-state index in [4.69, 9.17) is 4.74 Å². The molecule has 0 atom stereocenters. The van der Waals surface area contributed by atoms with Gasteiger partial charge in [-0.2, -0.15) is 9.78 Å². The molecule has 0 bridgehead atoms. The zero-order valence-electron chi connectivity index (χ0n) is 16.8. The minimum Gasteiger partial charge on any atom is -0.483 e. The highest BCUT2D eigenvalue weighted by Crippen LogP contribution is 2.28. The third kappa shape index (κ3) is 4.83. The summed E-state index contributed by atoms with van der Waals surface area (Å²) in [6, 6.07) is 11.5. The Morgan fingerprint density at radius 3 is 2.30 bits per heavy atom. The van der Waals surface area contributed by atoms with Crippen LogP contribution >= 0.6 is 0 Å². The van der Waals surface area contributed by atoms with Gasteiger partial charge in [0.1, 0.15) is 12.4 Å². The number of hydrogen-bond donors (Lipinski definition) is 0. The van der Waals surface area contributed by atoms with Crippen molar-refractivity contribution in [3.8, 4) is 22.6 Å². The average Bonchev–Trinajstić information content (AvgIpc) is 2.69. The molecule has 0 aliphatic heterocycles. The van der Waals surface area contributed by atoms with Crippen molar-refractivity contribution in [3.63, 3.8) is 0 Å². The van der Waals surface area contributed by atoms with Crippen LogP contribution in [0.25, 0.3) is 16.8 Å². The number of rotatable bonds is 6. The second-order valence-corrected chi connectivity index (χ2v) is 8.99. The van der Waals surface area contributed by atoms with E-state index in [1.165, 1.54) is 42.6 Å². The van der Waals surface area contributed by atoms with Crippen LogP contribution in [0.15, 0.2) is 76.1 Å². The maximum atomic E-state index is 13.2. The number of hydrogen-bond acceptors (Lipinski definition) is 5. The van der Waals surface area contributed by atoms with E-state index in [2.05, 4.69) is 5.10 Å². The van der Waals surface area contributed by atoms with Crippen molar-refractivity contribution in [2.45, 2.75) is 18.7 Å². The molecule has 0 spiro atoms. The lowest BCUT2D eigenvalue weighted by molar-refractivity contribution is 0.354. The first-order valence-corrected chi connectivity index (χ1v) is 11.0. The number of allylic oxidation sites excluding steroid dienone is 1. The van der Waals surface area contributed by atoms with Crippen molar-refractivity contribution < 1.29 is 17.5 Å². The minimum atomic E-state index is -3.34. The second-order valence-electron chi connectivity index (χ2n) is 6.97. The molecule has 156 valence electrons. The minimum absolute atomic E-state index is 0.0685. The fourth-order valence-corrected chi connectivity index (χ4v) is 3.35. The molecule has 3 rings (SSSR count). The normalized spacial score (nSPS) is 11.2. The van der Waals surface area contributed by atoms with Crippen LogP contribution in [0.1, 0.15) is 13.8 Å². The molecule has 30 heavy (non-hydrogen) atoms. The molecule has 0 unspecified atom stereocenters. The number of sulfone groups is 1. The van der Waals surface area contributed by atoms with Crippen LogP contribution in [0.3, 0.4) is 0 Å². The van der Waals surface area contributed by atoms with Gasteiger partial charge in [-0.25, -0.2) is 12.8 Å². The molecule has 0 radical (unpaired) electrons. The number of halogens is 1. The van der Waals surface area contributed by atoms with Gasteiger partial charge in [0.25, 0.3) is 0 Å². The quantitative estimate of drug-likeness (QED) is 0.558. The highest BCUT2D eigenvalue weighted by Gasteiger charge is 2.16. The average molecular weight is 428 g/mol. The maximum absolute atomic E-state index is 13.2. The molecule has 3 aromatic rings. The van der Waals surface area contributed by atoms with Gasteiger partial charge in [-0.1, -0.05) is 17.7 Å². The summed E-state index contributed by atoms with van der Waals surface area (Å²) in [6.07, 6.45) is 4.43. The van der Waals surface area contributed by atoms with Gasteiger partial charge in [0.05, 0.1) is 16.8 Å². The third-order valence-electron chi connectivity index (χ3n) is 4.32. The standard InChI is InChI=1S/C22H21FN2O4S/c1-15(2)12-13-29-21-20(16-4-10-19(11-5-16)30(3,27)28)14-24-25(22(21)26)18-8-6-17(23)7-9-18/h4-12,14H,13H2,1-3H3. The molecule has 2 aromatic carbocycles. The van der Waals surface area contributed by atoms with Gasteiger partial charge < -0.3 is 4.74 Å². The maximum Gasteiger partial charge on any atom is 0.314 e. The predicted octanol–water partition coefficient (Wildman–Crippen LogP) is 3.79. The first-order chi connectivity index (χ1) is 14.2. The summed E-state index contributed by atoms with van der Waals surface area (Å²) in [5, 5.41) is 4.20. The molecular weight excluding hydrogens is 407 g/mol. The van der Waals surface area contributed by atoms with Crippen LogP contribution in [0.5, 0.6) is 5.75 Å². The van der Waals surface area contributed by atoms with Gasteiger partial charge in [0, 0.05) is 11.8 Å². The lowest BCUT2D eigenvalue weighted by Gasteiger charge is -2.13. The van der Waals surface area contributed by atoms with Crippen molar-refractivity contribution in [2.75, 3.05) is 12.9 Å². The summed E-state index contributed by atoms with van der Waals surface area (Å²) >= 11 is 0. The Balaban J connectivity index is 2.12. The third-order valence-corrected chi connectivity index (χ3v) is 5.45. The SMILES string of the molecule is CC(C)=CCOc1c(-c2ccc(S(C)(=O)=O)cc2)cnn(-c2ccc(F)cc2)c1=O. The summed E-state index contributed by atoms with van der Waals surface area (Å²) in [5.41, 5.74) is 1.94. The van der Waals surface area contributed by atoms with Gasteiger partial charge in [0.15, 0.2) is 15.6 Å². The lowest BCUT2D eigenvalue weighted by Crippen LogP contribution is -2.23. The van der Waals surface area contributed by atoms with Crippen molar-refractivity contribution in [2.24, 2.45) is 0 Å². The van der Waals surface area contributed by atoms with E-state index in [0.717, 1.165) is 16.5 Å². The fourth-order valence-electron chi connectivity index (χ4n) is 2.72. The highest BCUT2D eigenvalue weighted by molar-refractivity contribution is 7.90. The summed E-state index contributed by atoms with van der Waals surface area (Å²) < 4.78 is 43.6. The van der Waals surface area contributed by atoms with Crippen LogP contribution in [0.2, 0.25) is 0 Å². The number of ether oxygens (including phenoxy) is 1. The number of benzene rings is 2. The molecule has 1 aromatic heterocycles. The van der Waals surface area contributed by atoms with Crippen LogP contribution in [0.4, 0.5) is 4.39 Å². The molecule has 0 fully saturated rings. The summed E-state index contributed by atoms with van der Waals surface area (Å²) in [7, 11) is -3.34. The Morgan fingerprint density at radius 1 is 1.10 bits per heavy atom. The monoisotopic (exact) mass is 428 g/mol. The van der Waals surface area contributed by atoms with Crippen molar-refractivity contribution in [1.82, 2.24) is 9.78 Å². The van der Waals surface area contributed by atoms with E-state index in [1.54, 1.807) is 12.1 Å². The van der Waals surface area contributed by atoms with Crippen LogP contribution in [0, 0.1) is 5.82 Å². The molecule has 0 saturated carbocycles. The summed E-state index contributed by atoms with van der Waals surface area (Å²) in [5.74, 6) is -0.353. The number of aromatic nitrogens is 2. The Hall–Kier alpha value is -3.26. The smallest absolute Gasteiger partial charge is 0.314 e.